The number of rotatable bonds is 1. The van der Waals surface area contributed by atoms with Crippen LogP contribution in [-0.4, -0.2) is 0 Å². The molecular weight excluding hydrogens is 192 g/mol. The predicted molar refractivity (Wildman–Crippen MR) is 71.0 cm³/mol. The molecule has 0 bridgehead atoms. The number of benzene rings is 1. The van der Waals surface area contributed by atoms with E-state index >= 15 is 0 Å². The van der Waals surface area contributed by atoms with E-state index in [1.807, 2.05) is 0 Å². The van der Waals surface area contributed by atoms with E-state index in [9.17, 15) is 0 Å². The fraction of sp³-hybridized carbons (Fsp3) is 0.625. The van der Waals surface area contributed by atoms with Crippen molar-refractivity contribution in [3.8, 4) is 0 Å². The number of hydrogen-bond donors (Lipinski definition) is 0. The normalized spacial score (nSPS) is 23.2. The third-order valence-corrected chi connectivity index (χ3v) is 4.22. The van der Waals surface area contributed by atoms with E-state index in [1.54, 1.807) is 11.1 Å². The molecule has 2 rings (SSSR count). The van der Waals surface area contributed by atoms with Crippen LogP contribution in [0.3, 0.4) is 0 Å². The summed E-state index contributed by atoms with van der Waals surface area (Å²) in [5.74, 6) is 1.53. The Kier molecular flexibility index (Phi) is 2.86. The molecule has 0 fully saturated rings. The van der Waals surface area contributed by atoms with Crippen molar-refractivity contribution in [2.75, 3.05) is 0 Å². The highest BCUT2D eigenvalue weighted by atomic mass is 14.4. The lowest BCUT2D eigenvalue weighted by atomic mass is 9.66. The molecule has 0 heteroatoms. The zero-order valence-corrected chi connectivity index (χ0v) is 11.3. The second-order valence-corrected chi connectivity index (χ2v) is 6.36. The minimum absolute atomic E-state index is 0.369. The average Bonchev–Trinajstić information content (AvgIpc) is 2.16. The van der Waals surface area contributed by atoms with Gasteiger partial charge in [-0.3, -0.25) is 0 Å². The summed E-state index contributed by atoms with van der Waals surface area (Å²) < 4.78 is 0. The minimum atomic E-state index is 0.369. The van der Waals surface area contributed by atoms with Gasteiger partial charge in [0.05, 0.1) is 0 Å². The molecule has 0 nitrogen and oxygen atoms in total. The van der Waals surface area contributed by atoms with Crippen LogP contribution in [0.5, 0.6) is 0 Å². The summed E-state index contributed by atoms with van der Waals surface area (Å²) in [4.78, 5) is 0. The largest absolute Gasteiger partial charge is 0.0622 e. The predicted octanol–water partition coefficient (Wildman–Crippen LogP) is 4.81. The summed E-state index contributed by atoms with van der Waals surface area (Å²) in [6.45, 7) is 11.7. The highest BCUT2D eigenvalue weighted by Gasteiger charge is 2.33. The second-order valence-electron chi connectivity index (χ2n) is 6.36. The Balaban J connectivity index is 2.54. The van der Waals surface area contributed by atoms with Crippen molar-refractivity contribution in [1.29, 1.82) is 0 Å². The molecule has 16 heavy (non-hydrogen) atoms. The fourth-order valence-corrected chi connectivity index (χ4v) is 3.10. The Bertz CT molecular complexity index is 385. The Hall–Kier alpha value is -0.780. The third-order valence-electron chi connectivity index (χ3n) is 4.22. The molecule has 0 aromatic heterocycles. The minimum Gasteiger partial charge on any atom is -0.0622 e. The van der Waals surface area contributed by atoms with Crippen molar-refractivity contribution in [2.45, 2.75) is 58.8 Å². The maximum Gasteiger partial charge on any atom is -0.0100 e. The molecule has 1 aliphatic carbocycles. The SMILES string of the molecule is Cc1ccc2c(c1)C(C(C)C)CCC2(C)C. The monoisotopic (exact) mass is 216 g/mol. The summed E-state index contributed by atoms with van der Waals surface area (Å²) in [6, 6.07) is 7.05. The van der Waals surface area contributed by atoms with Crippen molar-refractivity contribution in [1.82, 2.24) is 0 Å². The lowest BCUT2D eigenvalue weighted by molar-refractivity contribution is 0.346. The fourth-order valence-electron chi connectivity index (χ4n) is 3.10. The topological polar surface area (TPSA) is 0 Å². The van der Waals surface area contributed by atoms with E-state index in [0.29, 0.717) is 5.41 Å². The van der Waals surface area contributed by atoms with Crippen LogP contribution in [0.15, 0.2) is 18.2 Å². The van der Waals surface area contributed by atoms with E-state index in [2.05, 4.69) is 52.8 Å². The summed E-state index contributed by atoms with van der Waals surface area (Å²) in [7, 11) is 0. The standard InChI is InChI=1S/C16H24/c1-11(2)13-8-9-16(4,5)15-7-6-12(3)10-14(13)15/h6-7,10-11,13H,8-9H2,1-5H3. The van der Waals surface area contributed by atoms with Crippen LogP contribution in [-0.2, 0) is 5.41 Å². The molecular formula is C16H24. The van der Waals surface area contributed by atoms with Gasteiger partial charge in [-0.15, -0.1) is 0 Å². The van der Waals surface area contributed by atoms with Gasteiger partial charge in [0, 0.05) is 0 Å². The third kappa shape index (κ3) is 1.90. The second kappa shape index (κ2) is 3.91. The van der Waals surface area contributed by atoms with Crippen molar-refractivity contribution in [2.24, 2.45) is 5.92 Å². The molecule has 0 saturated carbocycles. The smallest absolute Gasteiger partial charge is 0.0100 e. The van der Waals surface area contributed by atoms with Crippen LogP contribution in [0.1, 0.15) is 63.1 Å². The first-order valence-corrected chi connectivity index (χ1v) is 6.53. The van der Waals surface area contributed by atoms with E-state index in [1.165, 1.54) is 18.4 Å². The van der Waals surface area contributed by atoms with Crippen LogP contribution in [0.4, 0.5) is 0 Å². The van der Waals surface area contributed by atoms with E-state index in [-0.39, 0.29) is 0 Å². The first-order valence-electron chi connectivity index (χ1n) is 6.53. The van der Waals surface area contributed by atoms with Crippen molar-refractivity contribution >= 4 is 0 Å². The van der Waals surface area contributed by atoms with Gasteiger partial charge in [0.2, 0.25) is 0 Å². The van der Waals surface area contributed by atoms with Crippen molar-refractivity contribution < 1.29 is 0 Å². The van der Waals surface area contributed by atoms with Gasteiger partial charge in [-0.1, -0.05) is 51.5 Å². The van der Waals surface area contributed by atoms with Gasteiger partial charge in [-0.2, -0.15) is 0 Å². The van der Waals surface area contributed by atoms with Gasteiger partial charge in [0.25, 0.3) is 0 Å². The van der Waals surface area contributed by atoms with Gasteiger partial charge >= 0.3 is 0 Å². The number of aryl methyl sites for hydroxylation is 1. The molecule has 1 atom stereocenters. The highest BCUT2D eigenvalue weighted by Crippen LogP contribution is 2.45. The van der Waals surface area contributed by atoms with Gasteiger partial charge in [-0.05, 0) is 48.1 Å². The van der Waals surface area contributed by atoms with Crippen molar-refractivity contribution in [3.05, 3.63) is 34.9 Å². The molecule has 1 aromatic rings. The van der Waals surface area contributed by atoms with Crippen LogP contribution in [0, 0.1) is 12.8 Å². The molecule has 88 valence electrons. The highest BCUT2D eigenvalue weighted by molar-refractivity contribution is 5.41. The lowest BCUT2D eigenvalue weighted by Gasteiger charge is -2.39. The van der Waals surface area contributed by atoms with Crippen LogP contribution in [0.25, 0.3) is 0 Å². The molecule has 1 unspecified atom stereocenters. The van der Waals surface area contributed by atoms with Gasteiger partial charge in [-0.25, -0.2) is 0 Å². The first-order chi connectivity index (χ1) is 7.42. The first kappa shape index (κ1) is 11.7. The van der Waals surface area contributed by atoms with E-state index < -0.39 is 0 Å². The quantitative estimate of drug-likeness (QED) is 0.632. The molecule has 0 spiro atoms. The summed E-state index contributed by atoms with van der Waals surface area (Å²) in [6.07, 6.45) is 2.67. The Morgan fingerprint density at radius 1 is 1.25 bits per heavy atom. The molecule has 1 aromatic carbocycles. The maximum absolute atomic E-state index is 2.42. The van der Waals surface area contributed by atoms with Crippen molar-refractivity contribution in [3.63, 3.8) is 0 Å². The van der Waals surface area contributed by atoms with Crippen LogP contribution < -0.4 is 0 Å². The van der Waals surface area contributed by atoms with Crippen LogP contribution in [0.2, 0.25) is 0 Å². The maximum atomic E-state index is 2.42. The molecule has 1 aliphatic rings. The summed E-state index contributed by atoms with van der Waals surface area (Å²) in [5, 5.41) is 0. The number of hydrogen-bond acceptors (Lipinski definition) is 0. The van der Waals surface area contributed by atoms with E-state index in [0.717, 1.165) is 11.8 Å². The zero-order chi connectivity index (χ0) is 11.9. The lowest BCUT2D eigenvalue weighted by Crippen LogP contribution is -2.28. The molecule has 0 heterocycles. The van der Waals surface area contributed by atoms with Gasteiger partial charge in [0.15, 0.2) is 0 Å². The van der Waals surface area contributed by atoms with Gasteiger partial charge < -0.3 is 0 Å². The summed E-state index contributed by atoms with van der Waals surface area (Å²) >= 11 is 0. The Labute approximate surface area is 100 Å². The molecule has 0 amide bonds. The molecule has 0 N–H and O–H groups in total. The Morgan fingerprint density at radius 2 is 1.94 bits per heavy atom. The number of fused-ring (bicyclic) bond motifs is 1. The van der Waals surface area contributed by atoms with Crippen LogP contribution >= 0.6 is 0 Å². The summed E-state index contributed by atoms with van der Waals surface area (Å²) in [5.41, 5.74) is 4.98. The average molecular weight is 216 g/mol. The van der Waals surface area contributed by atoms with Gasteiger partial charge in [0.1, 0.15) is 0 Å². The molecule has 0 aliphatic heterocycles. The van der Waals surface area contributed by atoms with E-state index in [4.69, 9.17) is 0 Å². The Morgan fingerprint density at radius 3 is 2.56 bits per heavy atom. The molecule has 0 saturated heterocycles. The zero-order valence-electron chi connectivity index (χ0n) is 11.3. The molecule has 0 radical (unpaired) electrons.